The first-order valence-electron chi connectivity index (χ1n) is 7.86. The SMILES string of the molecule is CC(CNc1cc(Br)nc(C(C)(C)C)n1)CN1CCCC1. The molecule has 1 aromatic rings. The summed E-state index contributed by atoms with van der Waals surface area (Å²) in [5.41, 5.74) is -0.0403. The van der Waals surface area contributed by atoms with Gasteiger partial charge in [0, 0.05) is 24.6 Å². The van der Waals surface area contributed by atoms with Gasteiger partial charge >= 0.3 is 0 Å². The lowest BCUT2D eigenvalue weighted by Crippen LogP contribution is -2.29. The fourth-order valence-electron chi connectivity index (χ4n) is 2.59. The highest BCUT2D eigenvalue weighted by molar-refractivity contribution is 9.10. The summed E-state index contributed by atoms with van der Waals surface area (Å²) < 4.78 is 0.845. The molecule has 118 valence electrons. The summed E-state index contributed by atoms with van der Waals surface area (Å²) in [5, 5.41) is 3.46. The largest absolute Gasteiger partial charge is 0.370 e. The van der Waals surface area contributed by atoms with Crippen molar-refractivity contribution in [1.29, 1.82) is 0 Å². The monoisotopic (exact) mass is 354 g/mol. The molecule has 5 heteroatoms. The molecule has 0 spiro atoms. The van der Waals surface area contributed by atoms with Crippen LogP contribution < -0.4 is 5.32 Å². The van der Waals surface area contributed by atoms with Crippen LogP contribution >= 0.6 is 15.9 Å². The molecule has 1 unspecified atom stereocenters. The first kappa shape index (κ1) is 16.7. The van der Waals surface area contributed by atoms with Crippen LogP contribution in [0.5, 0.6) is 0 Å². The summed E-state index contributed by atoms with van der Waals surface area (Å²) in [5.74, 6) is 2.40. The van der Waals surface area contributed by atoms with Crippen molar-refractivity contribution in [3.8, 4) is 0 Å². The fourth-order valence-corrected chi connectivity index (χ4v) is 2.98. The van der Waals surface area contributed by atoms with Crippen molar-refractivity contribution in [3.63, 3.8) is 0 Å². The molecule has 1 N–H and O–H groups in total. The number of nitrogens with zero attached hydrogens (tertiary/aromatic N) is 3. The minimum atomic E-state index is -0.0403. The van der Waals surface area contributed by atoms with E-state index in [0.717, 1.165) is 22.8 Å². The quantitative estimate of drug-likeness (QED) is 0.818. The third kappa shape index (κ3) is 5.22. The summed E-state index contributed by atoms with van der Waals surface area (Å²) in [6.45, 7) is 13.3. The van der Waals surface area contributed by atoms with Gasteiger partial charge in [0.1, 0.15) is 16.2 Å². The second-order valence-corrected chi connectivity index (χ2v) is 7.96. The maximum Gasteiger partial charge on any atom is 0.137 e. The van der Waals surface area contributed by atoms with Crippen molar-refractivity contribution in [2.45, 2.75) is 46.0 Å². The second kappa shape index (κ2) is 7.05. The van der Waals surface area contributed by atoms with E-state index in [1.807, 2.05) is 6.07 Å². The van der Waals surface area contributed by atoms with Gasteiger partial charge in [-0.15, -0.1) is 0 Å². The second-order valence-electron chi connectivity index (χ2n) is 7.14. The van der Waals surface area contributed by atoms with Crippen molar-refractivity contribution in [1.82, 2.24) is 14.9 Å². The van der Waals surface area contributed by atoms with Gasteiger partial charge in [0.15, 0.2) is 0 Å². The Kier molecular flexibility index (Phi) is 5.60. The summed E-state index contributed by atoms with van der Waals surface area (Å²) >= 11 is 3.48. The number of nitrogens with one attached hydrogen (secondary N) is 1. The van der Waals surface area contributed by atoms with Gasteiger partial charge in [-0.05, 0) is 47.8 Å². The molecule has 0 radical (unpaired) electrons. The van der Waals surface area contributed by atoms with Gasteiger partial charge in [0.05, 0.1) is 0 Å². The van der Waals surface area contributed by atoms with Crippen LogP contribution in [0, 0.1) is 5.92 Å². The zero-order valence-electron chi connectivity index (χ0n) is 13.6. The van der Waals surface area contributed by atoms with E-state index in [4.69, 9.17) is 0 Å². The smallest absolute Gasteiger partial charge is 0.137 e. The van der Waals surface area contributed by atoms with Crippen LogP contribution in [-0.4, -0.2) is 41.0 Å². The maximum atomic E-state index is 4.64. The van der Waals surface area contributed by atoms with Crippen molar-refractivity contribution in [3.05, 3.63) is 16.5 Å². The lowest BCUT2D eigenvalue weighted by Gasteiger charge is -2.21. The molecule has 2 heterocycles. The molecule has 1 aliphatic heterocycles. The summed E-state index contributed by atoms with van der Waals surface area (Å²) in [6.07, 6.45) is 2.71. The summed E-state index contributed by atoms with van der Waals surface area (Å²) in [4.78, 5) is 11.7. The Balaban J connectivity index is 1.91. The minimum Gasteiger partial charge on any atom is -0.370 e. The highest BCUT2D eigenvalue weighted by atomic mass is 79.9. The molecule has 1 aliphatic rings. The number of anilines is 1. The molecule has 0 aliphatic carbocycles. The van der Waals surface area contributed by atoms with Gasteiger partial charge in [-0.3, -0.25) is 0 Å². The summed E-state index contributed by atoms with van der Waals surface area (Å²) in [7, 11) is 0. The normalized spacial score (nSPS) is 18.0. The molecular formula is C16H27BrN4. The van der Waals surface area contributed by atoms with Gasteiger partial charge in [0.25, 0.3) is 0 Å². The highest BCUT2D eigenvalue weighted by Gasteiger charge is 2.19. The van der Waals surface area contributed by atoms with Crippen LogP contribution in [-0.2, 0) is 5.41 Å². The first-order valence-corrected chi connectivity index (χ1v) is 8.65. The van der Waals surface area contributed by atoms with Crippen LogP contribution in [0.25, 0.3) is 0 Å². The topological polar surface area (TPSA) is 41.1 Å². The molecule has 21 heavy (non-hydrogen) atoms. The first-order chi connectivity index (χ1) is 9.84. The van der Waals surface area contributed by atoms with Crippen molar-refractivity contribution in [2.75, 3.05) is 31.5 Å². The standard InChI is InChI=1S/C16H27BrN4/c1-12(11-21-7-5-6-8-21)10-18-14-9-13(17)19-15(20-14)16(2,3)4/h9,12H,5-8,10-11H2,1-4H3,(H,18,19,20). The van der Waals surface area contributed by atoms with E-state index >= 15 is 0 Å². The molecule has 1 atom stereocenters. The fraction of sp³-hybridized carbons (Fsp3) is 0.750. The molecule has 4 nitrogen and oxygen atoms in total. The molecule has 0 bridgehead atoms. The Morgan fingerprint density at radius 2 is 1.95 bits per heavy atom. The number of hydrogen-bond acceptors (Lipinski definition) is 4. The van der Waals surface area contributed by atoms with Gasteiger partial charge in [0.2, 0.25) is 0 Å². The zero-order chi connectivity index (χ0) is 15.5. The Hall–Kier alpha value is -0.680. The summed E-state index contributed by atoms with van der Waals surface area (Å²) in [6, 6.07) is 1.96. The number of hydrogen-bond donors (Lipinski definition) is 1. The van der Waals surface area contributed by atoms with E-state index in [1.54, 1.807) is 0 Å². The van der Waals surface area contributed by atoms with Crippen molar-refractivity contribution >= 4 is 21.7 Å². The Bertz CT molecular complexity index is 464. The Labute approximate surface area is 136 Å². The lowest BCUT2D eigenvalue weighted by atomic mass is 9.96. The molecule has 2 rings (SSSR count). The van der Waals surface area contributed by atoms with Crippen LogP contribution in [0.2, 0.25) is 0 Å². The minimum absolute atomic E-state index is 0.0403. The molecule has 1 fully saturated rings. The Morgan fingerprint density at radius 1 is 1.29 bits per heavy atom. The van der Waals surface area contributed by atoms with E-state index in [1.165, 1.54) is 32.5 Å². The predicted molar refractivity (Wildman–Crippen MR) is 91.8 cm³/mol. The lowest BCUT2D eigenvalue weighted by molar-refractivity contribution is 0.294. The van der Waals surface area contributed by atoms with E-state index in [0.29, 0.717) is 5.92 Å². The van der Waals surface area contributed by atoms with E-state index in [9.17, 15) is 0 Å². The van der Waals surface area contributed by atoms with Crippen LogP contribution in [0.3, 0.4) is 0 Å². The van der Waals surface area contributed by atoms with Crippen molar-refractivity contribution in [2.24, 2.45) is 5.92 Å². The zero-order valence-corrected chi connectivity index (χ0v) is 15.2. The average Bonchev–Trinajstić information content (AvgIpc) is 2.87. The van der Waals surface area contributed by atoms with Gasteiger partial charge in [-0.2, -0.15) is 0 Å². The number of aromatic nitrogens is 2. The van der Waals surface area contributed by atoms with Crippen LogP contribution in [0.15, 0.2) is 10.7 Å². The number of halogens is 1. The van der Waals surface area contributed by atoms with Gasteiger partial charge in [-0.1, -0.05) is 27.7 Å². The highest BCUT2D eigenvalue weighted by Crippen LogP contribution is 2.22. The molecule has 1 aromatic heterocycles. The van der Waals surface area contributed by atoms with E-state index in [-0.39, 0.29) is 5.41 Å². The molecule has 0 saturated carbocycles. The third-order valence-corrected chi connectivity index (χ3v) is 4.17. The maximum absolute atomic E-state index is 4.64. The molecule has 0 aromatic carbocycles. The number of likely N-dealkylation sites (tertiary alicyclic amines) is 1. The van der Waals surface area contributed by atoms with Gasteiger partial charge in [-0.25, -0.2) is 9.97 Å². The average molecular weight is 355 g/mol. The molecule has 0 amide bonds. The number of rotatable bonds is 5. The third-order valence-electron chi connectivity index (χ3n) is 3.77. The molecular weight excluding hydrogens is 328 g/mol. The Morgan fingerprint density at radius 3 is 2.57 bits per heavy atom. The van der Waals surface area contributed by atoms with Crippen LogP contribution in [0.4, 0.5) is 5.82 Å². The van der Waals surface area contributed by atoms with E-state index in [2.05, 4.69) is 63.8 Å². The van der Waals surface area contributed by atoms with Crippen molar-refractivity contribution < 1.29 is 0 Å². The van der Waals surface area contributed by atoms with Gasteiger partial charge < -0.3 is 10.2 Å². The molecule has 1 saturated heterocycles. The van der Waals surface area contributed by atoms with E-state index < -0.39 is 0 Å². The predicted octanol–water partition coefficient (Wildman–Crippen LogP) is 3.68. The van der Waals surface area contributed by atoms with Crippen LogP contribution in [0.1, 0.15) is 46.4 Å².